The second-order valence-electron chi connectivity index (χ2n) is 5.06. The molecule has 0 aromatic heterocycles. The van der Waals surface area contributed by atoms with E-state index >= 15 is 0 Å². The largest absolute Gasteiger partial charge is 0.444 e. The highest BCUT2D eigenvalue weighted by Crippen LogP contribution is 2.22. The van der Waals surface area contributed by atoms with Crippen molar-refractivity contribution < 1.29 is 9.53 Å². The first kappa shape index (κ1) is 15.9. The van der Waals surface area contributed by atoms with E-state index < -0.39 is 11.7 Å². The highest BCUT2D eigenvalue weighted by atomic mass is 32.2. The first-order valence-electron chi connectivity index (χ1n) is 5.78. The molecule has 0 aromatic carbocycles. The molecule has 7 heteroatoms. The summed E-state index contributed by atoms with van der Waals surface area (Å²) in [6, 6.07) is 0.367. The van der Waals surface area contributed by atoms with Gasteiger partial charge in [-0.2, -0.15) is 12.6 Å². The Kier molecular flexibility index (Phi) is 6.07. The number of hydrogen-bond donors (Lipinski definition) is 2. The van der Waals surface area contributed by atoms with Crippen LogP contribution in [0.2, 0.25) is 0 Å². The van der Waals surface area contributed by atoms with Crippen LogP contribution in [0.1, 0.15) is 20.8 Å². The van der Waals surface area contributed by atoms with Crippen LogP contribution in [0.15, 0.2) is 0 Å². The molecule has 104 valence electrons. The lowest BCUT2D eigenvalue weighted by atomic mass is 10.2. The van der Waals surface area contributed by atoms with E-state index in [1.807, 2.05) is 32.5 Å². The molecule has 0 spiro atoms. The minimum Gasteiger partial charge on any atom is -0.444 e. The first-order valence-corrected chi connectivity index (χ1v) is 7.98. The molecule has 1 amide bonds. The number of thiol groups is 1. The van der Waals surface area contributed by atoms with E-state index in [0.29, 0.717) is 12.6 Å². The van der Waals surface area contributed by atoms with E-state index in [1.165, 1.54) is 0 Å². The van der Waals surface area contributed by atoms with Crippen LogP contribution in [-0.4, -0.2) is 51.6 Å². The molecule has 1 atom stereocenters. The molecule has 1 saturated heterocycles. The number of ether oxygens (including phenoxy) is 1. The summed E-state index contributed by atoms with van der Waals surface area (Å²) < 4.78 is 5.16. The number of amides is 1. The van der Waals surface area contributed by atoms with Crippen LogP contribution < -0.4 is 5.32 Å². The average molecular weight is 308 g/mol. The van der Waals surface area contributed by atoms with Gasteiger partial charge in [-0.3, -0.25) is 0 Å². The Balaban J connectivity index is 2.35. The Labute approximate surface area is 124 Å². The van der Waals surface area contributed by atoms with E-state index in [1.54, 1.807) is 0 Å². The zero-order valence-corrected chi connectivity index (χ0v) is 13.5. The summed E-state index contributed by atoms with van der Waals surface area (Å²) in [7, 11) is 0. The van der Waals surface area contributed by atoms with Gasteiger partial charge in [0.1, 0.15) is 5.60 Å². The van der Waals surface area contributed by atoms with E-state index in [9.17, 15) is 4.79 Å². The lowest BCUT2D eigenvalue weighted by Crippen LogP contribution is -2.43. The third-order valence-corrected chi connectivity index (χ3v) is 4.18. The Bertz CT molecular complexity index is 318. The third-order valence-electron chi connectivity index (χ3n) is 2.30. The topological polar surface area (TPSA) is 41.6 Å². The Hall–Kier alpha value is -0.140. The number of carbonyl (C=O) groups is 1. The van der Waals surface area contributed by atoms with Crippen molar-refractivity contribution in [2.45, 2.75) is 32.4 Å². The second-order valence-corrected chi connectivity index (χ2v) is 6.89. The van der Waals surface area contributed by atoms with Crippen molar-refractivity contribution in [3.63, 3.8) is 0 Å². The molecule has 0 aromatic rings. The summed E-state index contributed by atoms with van der Waals surface area (Å²) in [6.07, 6.45) is -0.431. The quantitative estimate of drug-likeness (QED) is 0.618. The van der Waals surface area contributed by atoms with Crippen molar-refractivity contribution in [1.82, 2.24) is 10.2 Å². The van der Waals surface area contributed by atoms with Gasteiger partial charge in [-0.1, -0.05) is 12.2 Å². The zero-order valence-electron chi connectivity index (χ0n) is 10.9. The van der Waals surface area contributed by atoms with Gasteiger partial charge in [0.05, 0.1) is 17.4 Å². The smallest absolute Gasteiger partial charge is 0.408 e. The maximum atomic E-state index is 11.5. The lowest BCUT2D eigenvalue weighted by molar-refractivity contribution is 0.0535. The van der Waals surface area contributed by atoms with Crippen LogP contribution in [0.25, 0.3) is 0 Å². The van der Waals surface area contributed by atoms with Crippen molar-refractivity contribution in [2.75, 3.05) is 23.9 Å². The van der Waals surface area contributed by atoms with Gasteiger partial charge in [-0.05, 0) is 20.8 Å². The third kappa shape index (κ3) is 5.24. The molecule has 1 N–H and O–H groups in total. The van der Waals surface area contributed by atoms with Gasteiger partial charge >= 0.3 is 6.09 Å². The number of rotatable bonds is 3. The maximum Gasteiger partial charge on any atom is 0.408 e. The molecule has 1 aliphatic heterocycles. The number of thioether (sulfide) groups is 1. The number of alkyl carbamates (subject to hydrolysis) is 1. The summed E-state index contributed by atoms with van der Waals surface area (Å²) in [6.45, 7) is 5.84. The Morgan fingerprint density at radius 2 is 2.28 bits per heavy atom. The molecule has 1 heterocycles. The van der Waals surface area contributed by atoms with Crippen molar-refractivity contribution in [1.29, 1.82) is 0 Å². The highest BCUT2D eigenvalue weighted by Gasteiger charge is 2.26. The van der Waals surface area contributed by atoms with E-state index in [2.05, 4.69) is 22.8 Å². The maximum absolute atomic E-state index is 11.5. The molecule has 1 fully saturated rings. The fourth-order valence-corrected chi connectivity index (χ4v) is 3.58. The monoisotopic (exact) mass is 308 g/mol. The summed E-state index contributed by atoms with van der Waals surface area (Å²) in [5.41, 5.74) is -0.483. The predicted octanol–water partition coefficient (Wildman–Crippen LogP) is 2.14. The fraction of sp³-hybridized carbons (Fsp3) is 0.818. The number of carbonyl (C=O) groups excluding carboxylic acids is 1. The fourth-order valence-electron chi connectivity index (χ4n) is 1.47. The lowest BCUT2D eigenvalue weighted by Gasteiger charge is -2.25. The molecule has 1 aliphatic rings. The van der Waals surface area contributed by atoms with Gasteiger partial charge in [-0.25, -0.2) is 4.79 Å². The summed E-state index contributed by atoms with van der Waals surface area (Å²) in [5.74, 6) is 2.69. The van der Waals surface area contributed by atoms with Gasteiger partial charge in [0, 0.05) is 17.5 Å². The van der Waals surface area contributed by atoms with E-state index in [4.69, 9.17) is 17.0 Å². The van der Waals surface area contributed by atoms with Crippen molar-refractivity contribution in [3.05, 3.63) is 0 Å². The van der Waals surface area contributed by atoms with Crippen molar-refractivity contribution in [2.24, 2.45) is 0 Å². The minimum absolute atomic E-state index is 0.342. The van der Waals surface area contributed by atoms with Crippen molar-refractivity contribution in [3.8, 4) is 0 Å². The van der Waals surface area contributed by atoms with Crippen LogP contribution in [0.5, 0.6) is 0 Å². The first-order chi connectivity index (χ1) is 8.33. The van der Waals surface area contributed by atoms with Crippen LogP contribution in [0.3, 0.4) is 0 Å². The average Bonchev–Trinajstić information content (AvgIpc) is 2.71. The molecule has 0 aliphatic carbocycles. The number of nitrogens with one attached hydrogen (secondary N) is 1. The molecule has 0 bridgehead atoms. The van der Waals surface area contributed by atoms with E-state index in [-0.39, 0.29) is 0 Å². The normalized spacial score (nSPS) is 19.8. The van der Waals surface area contributed by atoms with Crippen LogP contribution in [0.4, 0.5) is 4.79 Å². The van der Waals surface area contributed by atoms with E-state index in [0.717, 1.165) is 22.4 Å². The Morgan fingerprint density at radius 3 is 2.83 bits per heavy atom. The minimum atomic E-state index is -0.483. The SMILES string of the molecule is CC(C)(C)OC(=O)NCC(=S)N1CSCC1CS. The van der Waals surface area contributed by atoms with Gasteiger partial charge in [0.25, 0.3) is 0 Å². The van der Waals surface area contributed by atoms with Crippen molar-refractivity contribution >= 4 is 47.7 Å². The highest BCUT2D eigenvalue weighted by molar-refractivity contribution is 7.99. The molecule has 0 saturated carbocycles. The molecule has 1 unspecified atom stereocenters. The van der Waals surface area contributed by atoms with Crippen LogP contribution in [0, 0.1) is 0 Å². The molecular weight excluding hydrogens is 288 g/mol. The molecule has 18 heavy (non-hydrogen) atoms. The molecular formula is C11H20N2O2S3. The second kappa shape index (κ2) is 6.86. The molecule has 4 nitrogen and oxygen atoms in total. The summed E-state index contributed by atoms with van der Waals surface area (Å²) in [4.78, 5) is 14.4. The van der Waals surface area contributed by atoms with Crippen LogP contribution >= 0.6 is 36.6 Å². The Morgan fingerprint density at radius 1 is 1.61 bits per heavy atom. The standard InChI is InChI=1S/C11H20N2O2S3/c1-11(2,3)15-10(14)12-4-9(17)13-7-18-6-8(13)5-16/h8,16H,4-7H2,1-3H3,(H,12,14). The molecule has 1 rings (SSSR count). The van der Waals surface area contributed by atoms with Gasteiger partial charge in [0.15, 0.2) is 0 Å². The molecule has 0 radical (unpaired) electrons. The van der Waals surface area contributed by atoms with Crippen LogP contribution in [-0.2, 0) is 4.74 Å². The number of nitrogens with zero attached hydrogens (tertiary/aromatic N) is 1. The van der Waals surface area contributed by atoms with Gasteiger partial charge < -0.3 is 15.0 Å². The number of hydrogen-bond acceptors (Lipinski definition) is 5. The zero-order chi connectivity index (χ0) is 13.8. The van der Waals surface area contributed by atoms with Gasteiger partial charge in [-0.15, -0.1) is 11.8 Å². The summed E-state index contributed by atoms with van der Waals surface area (Å²) in [5, 5.41) is 2.68. The predicted molar refractivity (Wildman–Crippen MR) is 83.6 cm³/mol. The summed E-state index contributed by atoms with van der Waals surface area (Å²) >= 11 is 11.5. The van der Waals surface area contributed by atoms with Gasteiger partial charge in [0.2, 0.25) is 0 Å². The number of thiocarbonyl (C=S) groups is 1.